The van der Waals surface area contributed by atoms with Gasteiger partial charge in [-0.15, -0.1) is 0 Å². The van der Waals surface area contributed by atoms with Crippen LogP contribution < -0.4 is 0 Å². The number of nitrogens with zero attached hydrogens (tertiary/aromatic N) is 2. The summed E-state index contributed by atoms with van der Waals surface area (Å²) >= 11 is 0. The second-order valence-corrected chi connectivity index (χ2v) is 10.8. The lowest BCUT2D eigenvalue weighted by Crippen LogP contribution is -2.26. The monoisotopic (exact) mass is 481 g/mol. The predicted octanol–water partition coefficient (Wildman–Crippen LogP) is 10.4. The summed E-state index contributed by atoms with van der Waals surface area (Å²) in [6.07, 6.45) is 48.9. The molecule has 2 nitrogen and oxygen atoms in total. The number of unbranched alkanes of at least 4 members (excludes halogenated alkanes) is 21. The number of hydrogen-bond acceptors (Lipinski definition) is 1. The molecule has 0 saturated heterocycles. The first-order chi connectivity index (χ1) is 17.4. The highest BCUT2D eigenvalue weighted by atomic mass is 15.3. The van der Waals surface area contributed by atoms with Crippen molar-refractivity contribution in [2.45, 2.75) is 148 Å². The Bertz CT molecular complexity index is 652. The zero-order chi connectivity index (χ0) is 24.7. The number of hydrogen-bond donors (Lipinski definition) is 0. The van der Waals surface area contributed by atoms with Gasteiger partial charge in [-0.3, -0.25) is 0 Å². The van der Waals surface area contributed by atoms with E-state index in [1.54, 1.807) is 0 Å². The molecule has 0 aromatic heterocycles. The number of allylic oxidation sites excluding steroid dienone is 5. The van der Waals surface area contributed by atoms with E-state index in [0.29, 0.717) is 0 Å². The molecule has 0 N–H and O–H groups in total. The van der Waals surface area contributed by atoms with E-state index in [9.17, 15) is 0 Å². The molecule has 2 aliphatic heterocycles. The first-order valence-corrected chi connectivity index (χ1v) is 15.5. The van der Waals surface area contributed by atoms with Crippen LogP contribution >= 0.6 is 0 Å². The minimum Gasteiger partial charge on any atom is -0.234 e. The standard InChI is InChI=1S/C33H57N2/c1-2-3-4-5-6-7-8-9-10-11-12-13-14-15-16-17-18-19-20-21-22-25-29-34-31-27-32-35-30-26-23-24-28-33(34)35/h23-24,26-28,30-32H,2-22,25,29H2,1H3/q+1. The van der Waals surface area contributed by atoms with Crippen molar-refractivity contribution in [2.24, 2.45) is 0 Å². The highest BCUT2D eigenvalue weighted by Crippen LogP contribution is 2.17. The van der Waals surface area contributed by atoms with E-state index < -0.39 is 0 Å². The van der Waals surface area contributed by atoms with Gasteiger partial charge in [0.1, 0.15) is 0 Å². The zero-order valence-corrected chi connectivity index (χ0v) is 23.3. The molecule has 0 aliphatic carbocycles. The topological polar surface area (TPSA) is 6.25 Å². The summed E-state index contributed by atoms with van der Waals surface area (Å²) in [7, 11) is 0. The van der Waals surface area contributed by atoms with Crippen molar-refractivity contribution in [1.29, 1.82) is 0 Å². The Labute approximate surface area is 219 Å². The molecule has 0 bridgehead atoms. The molecule has 2 heteroatoms. The average Bonchev–Trinajstić information content (AvgIpc) is 3.13. The minimum atomic E-state index is 1.12. The van der Waals surface area contributed by atoms with Crippen LogP contribution in [0.1, 0.15) is 148 Å². The molecule has 0 aromatic carbocycles. The maximum atomic E-state index is 2.39. The molecule has 0 aromatic rings. The van der Waals surface area contributed by atoms with Crippen LogP contribution in [-0.4, -0.2) is 22.2 Å². The third-order valence-corrected chi connectivity index (χ3v) is 7.54. The molecule has 2 aliphatic rings. The Hall–Kier alpha value is -1.57. The van der Waals surface area contributed by atoms with E-state index in [2.05, 4.69) is 65.4 Å². The van der Waals surface area contributed by atoms with Crippen molar-refractivity contribution >= 4 is 6.21 Å². The lowest BCUT2D eigenvalue weighted by Gasteiger charge is -2.17. The van der Waals surface area contributed by atoms with Crippen LogP contribution in [-0.2, 0) is 0 Å². The van der Waals surface area contributed by atoms with Gasteiger partial charge in [0, 0.05) is 12.2 Å². The van der Waals surface area contributed by atoms with Gasteiger partial charge in [0.25, 0.3) is 5.82 Å². The summed E-state index contributed by atoms with van der Waals surface area (Å²) in [5, 5.41) is 0. The molecule has 0 radical (unpaired) electrons. The molecular weight excluding hydrogens is 424 g/mol. The quantitative estimate of drug-likeness (QED) is 0.104. The molecule has 2 heterocycles. The smallest absolute Gasteiger partial charge is 0.234 e. The van der Waals surface area contributed by atoms with Crippen molar-refractivity contribution in [3.05, 3.63) is 48.6 Å². The van der Waals surface area contributed by atoms with Gasteiger partial charge in [-0.1, -0.05) is 147 Å². The zero-order valence-electron chi connectivity index (χ0n) is 23.3. The second-order valence-electron chi connectivity index (χ2n) is 10.8. The summed E-state index contributed by atoms with van der Waals surface area (Å²) in [5.41, 5.74) is 0. The molecule has 0 amide bonds. The number of rotatable bonds is 23. The van der Waals surface area contributed by atoms with Gasteiger partial charge in [-0.05, 0) is 18.9 Å². The molecule has 0 fully saturated rings. The van der Waals surface area contributed by atoms with E-state index in [-0.39, 0.29) is 0 Å². The summed E-state index contributed by atoms with van der Waals surface area (Å²) in [5.74, 6) is 1.26. The van der Waals surface area contributed by atoms with E-state index >= 15 is 0 Å². The van der Waals surface area contributed by atoms with Crippen molar-refractivity contribution in [2.75, 3.05) is 6.54 Å². The van der Waals surface area contributed by atoms with Gasteiger partial charge in [0.2, 0.25) is 0 Å². The first-order valence-electron chi connectivity index (χ1n) is 15.5. The third kappa shape index (κ3) is 15.2. The average molecular weight is 482 g/mol. The molecule has 2 rings (SSSR count). The van der Waals surface area contributed by atoms with Gasteiger partial charge < -0.3 is 0 Å². The minimum absolute atomic E-state index is 1.12. The normalized spacial score (nSPS) is 14.7. The van der Waals surface area contributed by atoms with Crippen molar-refractivity contribution in [3.8, 4) is 0 Å². The highest BCUT2D eigenvalue weighted by Gasteiger charge is 2.20. The maximum absolute atomic E-state index is 2.39. The third-order valence-electron chi connectivity index (χ3n) is 7.54. The van der Waals surface area contributed by atoms with Crippen LogP contribution in [0, 0.1) is 0 Å². The van der Waals surface area contributed by atoms with E-state index in [1.165, 1.54) is 147 Å². The second kappa shape index (κ2) is 21.7. The van der Waals surface area contributed by atoms with Crippen LogP contribution in [0.25, 0.3) is 0 Å². The molecular formula is C33H57N2+. The molecule has 0 unspecified atom stereocenters. The van der Waals surface area contributed by atoms with Crippen LogP contribution in [0.2, 0.25) is 0 Å². The summed E-state index contributed by atoms with van der Waals surface area (Å²) in [4.78, 5) is 2.21. The molecule has 0 saturated carbocycles. The Morgan fingerprint density at radius 2 is 0.914 bits per heavy atom. The van der Waals surface area contributed by atoms with Gasteiger partial charge in [-0.25, -0.2) is 9.48 Å². The predicted molar refractivity (Wildman–Crippen MR) is 156 cm³/mol. The van der Waals surface area contributed by atoms with Gasteiger partial charge in [0.05, 0.1) is 25.2 Å². The fraction of sp³-hybridized carbons (Fsp3) is 0.727. The lowest BCUT2D eigenvalue weighted by atomic mass is 10.0. The molecule has 0 atom stereocenters. The summed E-state index contributed by atoms with van der Waals surface area (Å²) in [6, 6.07) is 0. The highest BCUT2D eigenvalue weighted by molar-refractivity contribution is 5.67. The van der Waals surface area contributed by atoms with E-state index in [0.717, 1.165) is 6.54 Å². The number of fused-ring (bicyclic) bond motifs is 1. The van der Waals surface area contributed by atoms with E-state index in [1.807, 2.05) is 0 Å². The summed E-state index contributed by atoms with van der Waals surface area (Å²) < 4.78 is 2.39. The summed E-state index contributed by atoms with van der Waals surface area (Å²) in [6.45, 7) is 3.42. The fourth-order valence-corrected chi connectivity index (χ4v) is 5.27. The molecule has 198 valence electrons. The SMILES string of the molecule is CCCCCCCCCCCCCCCCCCCCCCCC[N+]1=CC=CN2C=CC=CC=C21. The Morgan fingerprint density at radius 3 is 1.40 bits per heavy atom. The maximum Gasteiger partial charge on any atom is 0.285 e. The van der Waals surface area contributed by atoms with E-state index in [4.69, 9.17) is 0 Å². The molecule has 0 spiro atoms. The van der Waals surface area contributed by atoms with Gasteiger partial charge in [-0.2, -0.15) is 0 Å². The van der Waals surface area contributed by atoms with Crippen LogP contribution in [0.5, 0.6) is 0 Å². The van der Waals surface area contributed by atoms with Gasteiger partial charge in [0.15, 0.2) is 0 Å². The van der Waals surface area contributed by atoms with Crippen molar-refractivity contribution in [3.63, 3.8) is 0 Å². The van der Waals surface area contributed by atoms with Crippen LogP contribution in [0.15, 0.2) is 48.6 Å². The largest absolute Gasteiger partial charge is 0.285 e. The van der Waals surface area contributed by atoms with Crippen molar-refractivity contribution in [1.82, 2.24) is 4.90 Å². The Morgan fingerprint density at radius 1 is 0.486 bits per heavy atom. The molecule has 35 heavy (non-hydrogen) atoms. The van der Waals surface area contributed by atoms with Crippen LogP contribution in [0.3, 0.4) is 0 Å². The van der Waals surface area contributed by atoms with Gasteiger partial charge >= 0.3 is 0 Å². The Kier molecular flexibility index (Phi) is 18.4. The fourth-order valence-electron chi connectivity index (χ4n) is 5.27. The lowest BCUT2D eigenvalue weighted by molar-refractivity contribution is -0.488. The first kappa shape index (κ1) is 29.7. The van der Waals surface area contributed by atoms with Crippen molar-refractivity contribution < 1.29 is 4.58 Å². The Balaban J connectivity index is 1.27. The van der Waals surface area contributed by atoms with Crippen LogP contribution in [0.4, 0.5) is 0 Å².